The lowest BCUT2D eigenvalue weighted by molar-refractivity contribution is 0.464. The molecule has 0 heterocycles. The zero-order valence-electron chi connectivity index (χ0n) is 13.6. The highest BCUT2D eigenvalue weighted by Gasteiger charge is 2.16. The minimum absolute atomic E-state index is 0.151. The van der Waals surface area contributed by atoms with E-state index in [-0.39, 0.29) is 5.75 Å². The number of hydrogen-bond donors (Lipinski definition) is 2. The van der Waals surface area contributed by atoms with Crippen LogP contribution in [-0.2, 0) is 10.0 Å². The lowest BCUT2D eigenvalue weighted by Gasteiger charge is -2.17. The molecule has 1 aliphatic carbocycles. The highest BCUT2D eigenvalue weighted by atomic mass is 32.2. The summed E-state index contributed by atoms with van der Waals surface area (Å²) in [6.07, 6.45) is 5.73. The average molecular weight is 318 g/mol. The molecule has 0 radical (unpaired) electrons. The molecule has 0 saturated heterocycles. The second-order valence-electron chi connectivity index (χ2n) is 5.46. The summed E-state index contributed by atoms with van der Waals surface area (Å²) in [7, 11) is -1.44. The fraction of sp³-hybridized carbons (Fsp3) is 0.929. The second-order valence-corrected chi connectivity index (χ2v) is 7.83. The number of rotatable bonds is 8. The minimum atomic E-state index is -3.07. The van der Waals surface area contributed by atoms with Crippen LogP contribution in [0.5, 0.6) is 0 Å². The summed E-state index contributed by atoms with van der Waals surface area (Å²) in [4.78, 5) is 4.53. The third-order valence-corrected chi connectivity index (χ3v) is 5.64. The summed E-state index contributed by atoms with van der Waals surface area (Å²) in [5.74, 6) is 1.00. The van der Waals surface area contributed by atoms with Gasteiger partial charge >= 0.3 is 0 Å². The Bertz CT molecular complexity index is 417. The maximum Gasteiger partial charge on any atom is 0.213 e. The number of sulfonamides is 1. The summed E-state index contributed by atoms with van der Waals surface area (Å²) in [6.45, 7) is 5.70. The van der Waals surface area contributed by atoms with Crippen LogP contribution in [0.1, 0.15) is 46.0 Å². The van der Waals surface area contributed by atoms with E-state index in [9.17, 15) is 8.42 Å². The van der Waals surface area contributed by atoms with Crippen molar-refractivity contribution in [1.82, 2.24) is 14.9 Å². The van der Waals surface area contributed by atoms with Gasteiger partial charge in [0.25, 0.3) is 0 Å². The third kappa shape index (κ3) is 6.65. The van der Waals surface area contributed by atoms with Crippen LogP contribution in [0.15, 0.2) is 4.99 Å². The van der Waals surface area contributed by atoms with Crippen LogP contribution in [0.25, 0.3) is 0 Å². The van der Waals surface area contributed by atoms with E-state index >= 15 is 0 Å². The molecule has 0 bridgehead atoms. The molecule has 21 heavy (non-hydrogen) atoms. The van der Waals surface area contributed by atoms with Crippen LogP contribution < -0.4 is 10.6 Å². The van der Waals surface area contributed by atoms with E-state index < -0.39 is 10.0 Å². The number of aliphatic imine (C=N–C) groups is 1. The fourth-order valence-electron chi connectivity index (χ4n) is 2.43. The van der Waals surface area contributed by atoms with Crippen molar-refractivity contribution >= 4 is 16.0 Å². The van der Waals surface area contributed by atoms with Crippen molar-refractivity contribution < 1.29 is 8.42 Å². The van der Waals surface area contributed by atoms with Gasteiger partial charge in [0.05, 0.1) is 5.75 Å². The van der Waals surface area contributed by atoms with E-state index in [0.29, 0.717) is 19.1 Å². The van der Waals surface area contributed by atoms with E-state index in [1.54, 1.807) is 14.0 Å². The van der Waals surface area contributed by atoms with Gasteiger partial charge in [-0.25, -0.2) is 12.7 Å². The Morgan fingerprint density at radius 1 is 1.29 bits per heavy atom. The van der Waals surface area contributed by atoms with Gasteiger partial charge in [-0.15, -0.1) is 0 Å². The molecule has 0 atom stereocenters. The number of hydrogen-bond acceptors (Lipinski definition) is 3. The summed E-state index contributed by atoms with van der Waals surface area (Å²) >= 11 is 0. The monoisotopic (exact) mass is 318 g/mol. The smallest absolute Gasteiger partial charge is 0.213 e. The van der Waals surface area contributed by atoms with Gasteiger partial charge in [0, 0.05) is 32.7 Å². The minimum Gasteiger partial charge on any atom is -0.357 e. The van der Waals surface area contributed by atoms with E-state index in [1.165, 1.54) is 30.0 Å². The van der Waals surface area contributed by atoms with E-state index in [1.807, 2.05) is 6.92 Å². The summed E-state index contributed by atoms with van der Waals surface area (Å²) in [5, 5.41) is 6.70. The van der Waals surface area contributed by atoms with Crippen LogP contribution in [0, 0.1) is 0 Å². The number of nitrogens with one attached hydrogen (secondary N) is 2. The Morgan fingerprint density at radius 3 is 2.52 bits per heavy atom. The largest absolute Gasteiger partial charge is 0.357 e. The van der Waals surface area contributed by atoms with Gasteiger partial charge in [-0.2, -0.15) is 0 Å². The van der Waals surface area contributed by atoms with Crippen molar-refractivity contribution in [3.8, 4) is 0 Å². The Morgan fingerprint density at radius 2 is 1.95 bits per heavy atom. The number of guanidine groups is 1. The zero-order chi connectivity index (χ0) is 15.7. The molecule has 0 amide bonds. The summed E-state index contributed by atoms with van der Waals surface area (Å²) in [5.41, 5.74) is 0. The Hall–Kier alpha value is -0.820. The molecule has 2 N–H and O–H groups in total. The molecule has 1 saturated carbocycles. The molecule has 0 unspecified atom stereocenters. The molecule has 0 aromatic carbocycles. The van der Waals surface area contributed by atoms with Gasteiger partial charge < -0.3 is 10.6 Å². The van der Waals surface area contributed by atoms with E-state index in [4.69, 9.17) is 0 Å². The predicted octanol–water partition coefficient (Wildman–Crippen LogP) is 1.16. The first-order chi connectivity index (χ1) is 9.99. The van der Waals surface area contributed by atoms with E-state index in [2.05, 4.69) is 15.6 Å². The molecule has 0 aromatic rings. The molecule has 0 spiro atoms. The molecule has 1 rings (SSSR count). The SMILES string of the molecule is CCNC(=NCCCN(C)S(=O)(=O)CC)NC1CCCC1. The lowest BCUT2D eigenvalue weighted by atomic mass is 10.2. The van der Waals surface area contributed by atoms with Crippen LogP contribution >= 0.6 is 0 Å². The Labute approximate surface area is 129 Å². The molecule has 0 aromatic heterocycles. The number of nitrogens with zero attached hydrogens (tertiary/aromatic N) is 2. The highest BCUT2D eigenvalue weighted by Crippen LogP contribution is 2.17. The van der Waals surface area contributed by atoms with Gasteiger partial charge in [0.15, 0.2) is 5.96 Å². The predicted molar refractivity (Wildman–Crippen MR) is 88.1 cm³/mol. The van der Waals surface area contributed by atoms with Gasteiger partial charge in [0.2, 0.25) is 10.0 Å². The molecular weight excluding hydrogens is 288 g/mol. The third-order valence-electron chi connectivity index (χ3n) is 3.78. The van der Waals surface area contributed by atoms with Crippen LogP contribution in [-0.4, -0.2) is 57.2 Å². The molecule has 7 heteroatoms. The molecule has 6 nitrogen and oxygen atoms in total. The first-order valence-electron chi connectivity index (χ1n) is 7.98. The standard InChI is InChI=1S/C14H30N4O2S/c1-4-15-14(17-13-9-6-7-10-13)16-11-8-12-18(3)21(19,20)5-2/h13H,4-12H2,1-3H3,(H2,15,16,17). The van der Waals surface area contributed by atoms with Crippen molar-refractivity contribution in [1.29, 1.82) is 0 Å². The van der Waals surface area contributed by atoms with Crippen LogP contribution in [0.2, 0.25) is 0 Å². The van der Waals surface area contributed by atoms with Crippen molar-refractivity contribution in [2.75, 3.05) is 32.4 Å². The molecule has 124 valence electrons. The molecule has 1 aliphatic rings. The molecule has 0 aliphatic heterocycles. The average Bonchev–Trinajstić information content (AvgIpc) is 2.96. The van der Waals surface area contributed by atoms with E-state index in [0.717, 1.165) is 18.9 Å². The van der Waals surface area contributed by atoms with Gasteiger partial charge in [0.1, 0.15) is 0 Å². The topological polar surface area (TPSA) is 73.8 Å². The molecule has 1 fully saturated rings. The highest BCUT2D eigenvalue weighted by molar-refractivity contribution is 7.89. The quantitative estimate of drug-likeness (QED) is 0.400. The maximum absolute atomic E-state index is 11.6. The first kappa shape index (κ1) is 18.2. The van der Waals surface area contributed by atoms with Crippen LogP contribution in [0.3, 0.4) is 0 Å². The Balaban J connectivity index is 2.36. The van der Waals surface area contributed by atoms with Crippen molar-refractivity contribution in [3.63, 3.8) is 0 Å². The molecular formula is C14H30N4O2S. The van der Waals surface area contributed by atoms with Gasteiger partial charge in [-0.3, -0.25) is 4.99 Å². The van der Waals surface area contributed by atoms with Crippen molar-refractivity contribution in [3.05, 3.63) is 0 Å². The van der Waals surface area contributed by atoms with Crippen molar-refractivity contribution in [2.45, 2.75) is 52.0 Å². The summed E-state index contributed by atoms with van der Waals surface area (Å²) in [6, 6.07) is 0.533. The summed E-state index contributed by atoms with van der Waals surface area (Å²) < 4.78 is 24.7. The maximum atomic E-state index is 11.6. The van der Waals surface area contributed by atoms with Crippen LogP contribution in [0.4, 0.5) is 0 Å². The fourth-order valence-corrected chi connectivity index (χ4v) is 3.28. The lowest BCUT2D eigenvalue weighted by Crippen LogP contribution is -2.42. The van der Waals surface area contributed by atoms with Gasteiger partial charge in [-0.1, -0.05) is 12.8 Å². The zero-order valence-corrected chi connectivity index (χ0v) is 14.4. The second kappa shape index (κ2) is 9.25. The van der Waals surface area contributed by atoms with Gasteiger partial charge in [-0.05, 0) is 33.1 Å². The Kier molecular flexibility index (Phi) is 8.03. The normalized spacial score (nSPS) is 17.4. The first-order valence-corrected chi connectivity index (χ1v) is 9.59. The van der Waals surface area contributed by atoms with Crippen molar-refractivity contribution in [2.24, 2.45) is 4.99 Å².